The number of halogens is 1. The second-order valence-electron chi connectivity index (χ2n) is 6.67. The summed E-state index contributed by atoms with van der Waals surface area (Å²) < 4.78 is 6.05. The predicted octanol–water partition coefficient (Wildman–Crippen LogP) is 4.22. The van der Waals surface area contributed by atoms with Crippen molar-refractivity contribution in [2.45, 2.75) is 32.4 Å². The Morgan fingerprint density at radius 3 is 2.48 bits per heavy atom. The van der Waals surface area contributed by atoms with Crippen LogP contribution in [-0.2, 0) is 6.54 Å². The molecule has 1 saturated heterocycles. The molecule has 1 aliphatic rings. The van der Waals surface area contributed by atoms with Gasteiger partial charge in [-0.1, -0.05) is 36.4 Å². The minimum Gasteiger partial charge on any atom is -0.490 e. The number of nitrogens with zero attached hydrogens (tertiary/aromatic N) is 3. The first-order valence-electron chi connectivity index (χ1n) is 9.64. The lowest BCUT2D eigenvalue weighted by Crippen LogP contribution is -2.47. The van der Waals surface area contributed by atoms with E-state index in [1.54, 1.807) is 18.2 Å². The molecule has 1 fully saturated rings. The van der Waals surface area contributed by atoms with E-state index in [1.165, 1.54) is 6.07 Å². The second kappa shape index (κ2) is 11.6. The van der Waals surface area contributed by atoms with Crippen molar-refractivity contribution in [3.8, 4) is 5.75 Å². The number of nitro groups is 1. The number of hydrogen-bond acceptors (Lipinski definition) is 4. The first-order valence-corrected chi connectivity index (χ1v) is 9.64. The summed E-state index contributed by atoms with van der Waals surface area (Å²) in [5, 5.41) is 14.5. The normalized spacial score (nSPS) is 14.8. The molecular formula is C21H27IN4O3. The van der Waals surface area contributed by atoms with E-state index in [4.69, 9.17) is 4.74 Å². The van der Waals surface area contributed by atoms with Gasteiger partial charge in [0.15, 0.2) is 5.96 Å². The Kier molecular flexibility index (Phi) is 9.17. The van der Waals surface area contributed by atoms with Crippen LogP contribution in [0.2, 0.25) is 0 Å². The van der Waals surface area contributed by atoms with Crippen molar-refractivity contribution < 1.29 is 9.66 Å². The molecule has 0 aliphatic carbocycles. The van der Waals surface area contributed by atoms with Crippen molar-refractivity contribution in [3.05, 3.63) is 70.3 Å². The average Bonchev–Trinajstić information content (AvgIpc) is 2.73. The number of para-hydroxylation sites is 2. The third kappa shape index (κ3) is 6.59. The summed E-state index contributed by atoms with van der Waals surface area (Å²) in [5.74, 6) is 1.69. The molecule has 29 heavy (non-hydrogen) atoms. The first kappa shape index (κ1) is 22.9. The van der Waals surface area contributed by atoms with Crippen molar-refractivity contribution in [1.82, 2.24) is 10.2 Å². The molecule has 1 aliphatic heterocycles. The number of rotatable bonds is 6. The molecule has 156 valence electrons. The number of ether oxygens (including phenoxy) is 1. The van der Waals surface area contributed by atoms with Crippen LogP contribution in [0.15, 0.2) is 59.6 Å². The zero-order chi connectivity index (χ0) is 19.8. The average molecular weight is 510 g/mol. The van der Waals surface area contributed by atoms with E-state index >= 15 is 0 Å². The Bertz CT molecular complexity index is 809. The van der Waals surface area contributed by atoms with Crippen LogP contribution in [0.5, 0.6) is 5.75 Å². The van der Waals surface area contributed by atoms with Gasteiger partial charge in [-0.05, 0) is 19.1 Å². The Hall–Kier alpha value is -2.36. The van der Waals surface area contributed by atoms with Gasteiger partial charge >= 0.3 is 0 Å². The van der Waals surface area contributed by atoms with Crippen LogP contribution in [0.3, 0.4) is 0 Å². The quantitative estimate of drug-likeness (QED) is 0.207. The van der Waals surface area contributed by atoms with Gasteiger partial charge < -0.3 is 15.0 Å². The fourth-order valence-electron chi connectivity index (χ4n) is 3.29. The minimum absolute atomic E-state index is 0. The first-order chi connectivity index (χ1) is 13.7. The number of benzene rings is 2. The Labute approximate surface area is 188 Å². The third-order valence-electron chi connectivity index (χ3n) is 4.71. The van der Waals surface area contributed by atoms with Crippen LogP contribution in [0.4, 0.5) is 5.69 Å². The standard InChI is InChI=1S/C21H26N4O3.HI/c1-2-22-21(23-16-17-8-6-7-11-20(17)25(26)27)24-14-12-19(13-15-24)28-18-9-4-3-5-10-18;/h3-11,19H,2,12-16H2,1H3,(H,22,23);1H. The second-order valence-corrected chi connectivity index (χ2v) is 6.67. The Morgan fingerprint density at radius 2 is 1.83 bits per heavy atom. The molecule has 1 heterocycles. The SMILES string of the molecule is CCNC(=NCc1ccccc1[N+](=O)[O-])N1CCC(Oc2ccccc2)CC1.I. The van der Waals surface area contributed by atoms with Crippen molar-refractivity contribution in [2.75, 3.05) is 19.6 Å². The van der Waals surface area contributed by atoms with Crippen molar-refractivity contribution in [1.29, 1.82) is 0 Å². The van der Waals surface area contributed by atoms with E-state index in [-0.39, 0.29) is 47.2 Å². The molecule has 0 bridgehead atoms. The third-order valence-corrected chi connectivity index (χ3v) is 4.71. The molecule has 2 aromatic rings. The smallest absolute Gasteiger partial charge is 0.274 e. The van der Waals surface area contributed by atoms with Gasteiger partial charge in [-0.3, -0.25) is 10.1 Å². The van der Waals surface area contributed by atoms with E-state index in [1.807, 2.05) is 37.3 Å². The summed E-state index contributed by atoms with van der Waals surface area (Å²) in [6, 6.07) is 16.6. The lowest BCUT2D eigenvalue weighted by atomic mass is 10.1. The molecule has 0 atom stereocenters. The molecule has 3 rings (SSSR count). The molecule has 0 radical (unpaired) electrons. The summed E-state index contributed by atoms with van der Waals surface area (Å²) in [4.78, 5) is 17.7. The molecule has 8 heteroatoms. The Balaban J connectivity index is 0.00000300. The topological polar surface area (TPSA) is 80.0 Å². The lowest BCUT2D eigenvalue weighted by molar-refractivity contribution is -0.385. The lowest BCUT2D eigenvalue weighted by Gasteiger charge is -2.34. The number of nitro benzene ring substituents is 1. The largest absolute Gasteiger partial charge is 0.490 e. The monoisotopic (exact) mass is 510 g/mol. The number of nitrogens with one attached hydrogen (secondary N) is 1. The molecule has 1 N–H and O–H groups in total. The molecule has 2 aromatic carbocycles. The van der Waals surface area contributed by atoms with Crippen molar-refractivity contribution >= 4 is 35.6 Å². The summed E-state index contributed by atoms with van der Waals surface area (Å²) in [6.45, 7) is 4.71. The van der Waals surface area contributed by atoms with Crippen LogP contribution < -0.4 is 10.1 Å². The number of guanidine groups is 1. The zero-order valence-electron chi connectivity index (χ0n) is 16.5. The van der Waals surface area contributed by atoms with Gasteiger partial charge in [-0.2, -0.15) is 0 Å². The van der Waals surface area contributed by atoms with E-state index < -0.39 is 0 Å². The summed E-state index contributed by atoms with van der Waals surface area (Å²) in [6.07, 6.45) is 2.01. The highest BCUT2D eigenvalue weighted by atomic mass is 127. The Morgan fingerprint density at radius 1 is 1.17 bits per heavy atom. The highest BCUT2D eigenvalue weighted by molar-refractivity contribution is 14.0. The summed E-state index contributed by atoms with van der Waals surface area (Å²) >= 11 is 0. The summed E-state index contributed by atoms with van der Waals surface area (Å²) in [7, 11) is 0. The van der Waals surface area contributed by atoms with E-state index in [0.717, 1.165) is 44.2 Å². The van der Waals surface area contributed by atoms with Gasteiger partial charge in [-0.25, -0.2) is 4.99 Å². The maximum Gasteiger partial charge on any atom is 0.274 e. The maximum atomic E-state index is 11.2. The predicted molar refractivity (Wildman–Crippen MR) is 125 cm³/mol. The van der Waals surface area contributed by atoms with Gasteiger partial charge in [0, 0.05) is 38.5 Å². The van der Waals surface area contributed by atoms with E-state index in [2.05, 4.69) is 15.2 Å². The fourth-order valence-corrected chi connectivity index (χ4v) is 3.29. The van der Waals surface area contributed by atoms with Crippen LogP contribution >= 0.6 is 24.0 Å². The molecule has 0 saturated carbocycles. The van der Waals surface area contributed by atoms with Crippen LogP contribution in [0, 0.1) is 10.1 Å². The van der Waals surface area contributed by atoms with Crippen molar-refractivity contribution in [2.24, 2.45) is 4.99 Å². The maximum absolute atomic E-state index is 11.2. The number of aliphatic imine (C=N–C) groups is 1. The molecule has 0 spiro atoms. The minimum atomic E-state index is -0.357. The van der Waals surface area contributed by atoms with Crippen molar-refractivity contribution in [3.63, 3.8) is 0 Å². The summed E-state index contributed by atoms with van der Waals surface area (Å²) in [5.41, 5.74) is 0.724. The molecule has 0 amide bonds. The molecule has 0 unspecified atom stereocenters. The number of hydrogen-bond donors (Lipinski definition) is 1. The molecule has 7 nitrogen and oxygen atoms in total. The fraction of sp³-hybridized carbons (Fsp3) is 0.381. The van der Waals surface area contributed by atoms with Crippen LogP contribution in [0.25, 0.3) is 0 Å². The van der Waals surface area contributed by atoms with Gasteiger partial charge in [0.25, 0.3) is 5.69 Å². The number of piperidine rings is 1. The zero-order valence-corrected chi connectivity index (χ0v) is 18.8. The molecule has 0 aromatic heterocycles. The van der Waals surface area contributed by atoms with Crippen LogP contribution in [0.1, 0.15) is 25.3 Å². The van der Waals surface area contributed by atoms with E-state index in [0.29, 0.717) is 5.56 Å². The molecular weight excluding hydrogens is 483 g/mol. The van der Waals surface area contributed by atoms with Gasteiger partial charge in [0.05, 0.1) is 17.0 Å². The highest BCUT2D eigenvalue weighted by Gasteiger charge is 2.23. The van der Waals surface area contributed by atoms with E-state index in [9.17, 15) is 10.1 Å². The van der Waals surface area contributed by atoms with Crippen LogP contribution in [-0.4, -0.2) is 41.5 Å². The highest BCUT2D eigenvalue weighted by Crippen LogP contribution is 2.20. The van der Waals surface area contributed by atoms with Gasteiger partial charge in [-0.15, -0.1) is 24.0 Å². The number of likely N-dealkylation sites (tertiary alicyclic amines) is 1. The van der Waals surface area contributed by atoms with Gasteiger partial charge in [0.1, 0.15) is 11.9 Å². The van der Waals surface area contributed by atoms with Gasteiger partial charge in [0.2, 0.25) is 0 Å².